The molecule has 1 amide bonds. The molecule has 1 aromatic carbocycles. The first-order valence-electron chi connectivity index (χ1n) is 11.7. The summed E-state index contributed by atoms with van der Waals surface area (Å²) in [7, 11) is 1.48. The van der Waals surface area contributed by atoms with Gasteiger partial charge in [0.25, 0.3) is 17.2 Å². The predicted octanol–water partition coefficient (Wildman–Crippen LogP) is 2.74. The highest BCUT2D eigenvalue weighted by atomic mass is 16.6. The van der Waals surface area contributed by atoms with Crippen LogP contribution in [-0.2, 0) is 16.0 Å². The van der Waals surface area contributed by atoms with Crippen molar-refractivity contribution in [3.63, 3.8) is 0 Å². The van der Waals surface area contributed by atoms with Crippen molar-refractivity contribution >= 4 is 34.2 Å². The zero-order valence-corrected chi connectivity index (χ0v) is 21.3. The quantitative estimate of drug-likeness (QED) is 0.157. The number of nitrogens with zero attached hydrogens (tertiary/aromatic N) is 5. The van der Waals surface area contributed by atoms with Crippen molar-refractivity contribution in [2.45, 2.75) is 27.3 Å². The lowest BCUT2D eigenvalue weighted by Crippen LogP contribution is -2.33. The van der Waals surface area contributed by atoms with Crippen LogP contribution >= 0.6 is 0 Å². The van der Waals surface area contributed by atoms with Gasteiger partial charge in [-0.3, -0.25) is 24.1 Å². The Morgan fingerprint density at radius 2 is 1.89 bits per heavy atom. The molecule has 0 bridgehead atoms. The van der Waals surface area contributed by atoms with E-state index in [1.54, 1.807) is 39.1 Å². The fourth-order valence-electron chi connectivity index (χ4n) is 4.06. The van der Waals surface area contributed by atoms with E-state index in [9.17, 15) is 24.5 Å². The van der Waals surface area contributed by atoms with Crippen LogP contribution < -0.4 is 11.0 Å². The fraction of sp³-hybridized carbons (Fsp3) is 0.269. The van der Waals surface area contributed by atoms with E-state index in [1.807, 2.05) is 0 Å². The Bertz CT molecular complexity index is 1740. The minimum absolute atomic E-state index is 0.0423. The Morgan fingerprint density at radius 1 is 1.13 bits per heavy atom. The number of carbonyl (C=O) groups excluding carboxylic acids is 2. The Balaban J connectivity index is 2.11. The van der Waals surface area contributed by atoms with Gasteiger partial charge in [-0.2, -0.15) is 4.99 Å². The third-order valence-corrected chi connectivity index (χ3v) is 5.98. The zero-order chi connectivity index (χ0) is 27.6. The molecule has 0 aliphatic heterocycles. The van der Waals surface area contributed by atoms with Crippen LogP contribution in [0.3, 0.4) is 0 Å². The number of fused-ring (bicyclic) bond motifs is 2. The predicted molar refractivity (Wildman–Crippen MR) is 137 cm³/mol. The number of benzene rings is 1. The van der Waals surface area contributed by atoms with Crippen molar-refractivity contribution in [1.82, 2.24) is 14.0 Å². The second kappa shape index (κ2) is 10.7. The number of aromatic nitrogens is 3. The van der Waals surface area contributed by atoms with Crippen LogP contribution in [0.5, 0.6) is 0 Å². The molecule has 0 saturated carbocycles. The number of amides is 1. The van der Waals surface area contributed by atoms with Crippen molar-refractivity contribution in [3.05, 3.63) is 90.8 Å². The van der Waals surface area contributed by atoms with Gasteiger partial charge in [0.05, 0.1) is 23.5 Å². The second-order valence-corrected chi connectivity index (χ2v) is 8.46. The number of nitro groups is 1. The van der Waals surface area contributed by atoms with E-state index < -0.39 is 22.4 Å². The molecule has 0 atom stereocenters. The first-order valence-corrected chi connectivity index (χ1v) is 11.7. The van der Waals surface area contributed by atoms with Gasteiger partial charge in [-0.15, -0.1) is 0 Å². The molecule has 0 aliphatic rings. The number of methoxy groups -OCH3 is 1. The van der Waals surface area contributed by atoms with E-state index in [2.05, 4.69) is 9.98 Å². The smallest absolute Gasteiger partial charge is 0.341 e. The lowest BCUT2D eigenvalue weighted by molar-refractivity contribution is -0.385. The molecule has 0 radical (unpaired) electrons. The Hall–Kier alpha value is -4.71. The molecular weight excluding hydrogens is 494 g/mol. The number of hydrogen-bond donors (Lipinski definition) is 0. The van der Waals surface area contributed by atoms with E-state index in [1.165, 1.54) is 34.3 Å². The summed E-state index contributed by atoms with van der Waals surface area (Å²) in [5.74, 6) is -1.62. The zero-order valence-electron chi connectivity index (χ0n) is 21.3. The van der Waals surface area contributed by atoms with Crippen LogP contribution in [0.25, 0.3) is 16.7 Å². The first-order chi connectivity index (χ1) is 18.2. The molecule has 4 aromatic rings. The van der Waals surface area contributed by atoms with Gasteiger partial charge in [0.15, 0.2) is 5.49 Å². The number of rotatable bonds is 7. The monoisotopic (exact) mass is 519 g/mol. The Kier molecular flexibility index (Phi) is 7.44. The molecule has 0 spiro atoms. The van der Waals surface area contributed by atoms with Gasteiger partial charge in [0.1, 0.15) is 16.9 Å². The van der Waals surface area contributed by atoms with Crippen LogP contribution in [-0.4, -0.2) is 51.1 Å². The minimum atomic E-state index is -0.821. The molecule has 196 valence electrons. The van der Waals surface area contributed by atoms with Gasteiger partial charge in [-0.1, -0.05) is 12.1 Å². The number of carbonyl (C=O) groups is 2. The molecule has 0 unspecified atom stereocenters. The third-order valence-electron chi connectivity index (χ3n) is 5.98. The maximum Gasteiger partial charge on any atom is 0.341 e. The number of esters is 1. The minimum Gasteiger partial charge on any atom is -0.462 e. The molecule has 4 rings (SSSR count). The Labute approximate surface area is 215 Å². The highest BCUT2D eigenvalue weighted by Gasteiger charge is 2.21. The van der Waals surface area contributed by atoms with Crippen LogP contribution in [0.2, 0.25) is 0 Å². The molecule has 12 heteroatoms. The van der Waals surface area contributed by atoms with E-state index in [0.29, 0.717) is 11.2 Å². The third kappa shape index (κ3) is 4.81. The lowest BCUT2D eigenvalue weighted by atomic mass is 10.1. The number of nitro benzene ring substituents is 1. The highest BCUT2D eigenvalue weighted by Crippen LogP contribution is 2.20. The summed E-state index contributed by atoms with van der Waals surface area (Å²) < 4.78 is 13.3. The molecule has 12 nitrogen and oxygen atoms in total. The first kappa shape index (κ1) is 26.4. The largest absolute Gasteiger partial charge is 0.462 e. The van der Waals surface area contributed by atoms with Crippen LogP contribution in [0, 0.1) is 24.0 Å². The summed E-state index contributed by atoms with van der Waals surface area (Å²) in [6, 6.07) is 8.83. The SMILES string of the molecule is CCOC(=O)c1cc2c(=O)n3cccc(C)c3nc2n(CCOC)c1=NC(=O)c1ccc(C)c([N+](=O)[O-])c1. The molecule has 0 fully saturated rings. The van der Waals surface area contributed by atoms with Crippen molar-refractivity contribution in [3.8, 4) is 0 Å². The average Bonchev–Trinajstić information content (AvgIpc) is 2.88. The number of ether oxygens (including phenoxy) is 2. The van der Waals surface area contributed by atoms with Gasteiger partial charge in [0, 0.05) is 37.0 Å². The molecule has 0 aliphatic carbocycles. The summed E-state index contributed by atoms with van der Waals surface area (Å²) >= 11 is 0. The Morgan fingerprint density at radius 3 is 2.58 bits per heavy atom. The summed E-state index contributed by atoms with van der Waals surface area (Å²) in [4.78, 5) is 59.4. The molecule has 3 aromatic heterocycles. The van der Waals surface area contributed by atoms with Gasteiger partial charge in [0.2, 0.25) is 0 Å². The summed E-state index contributed by atoms with van der Waals surface area (Å²) in [6.45, 7) is 5.27. The topological polar surface area (TPSA) is 147 Å². The molecule has 38 heavy (non-hydrogen) atoms. The maximum atomic E-state index is 13.5. The van der Waals surface area contributed by atoms with Crippen molar-refractivity contribution in [2.75, 3.05) is 20.3 Å². The molecule has 3 heterocycles. The van der Waals surface area contributed by atoms with Crippen LogP contribution in [0.1, 0.15) is 38.8 Å². The lowest BCUT2D eigenvalue weighted by Gasteiger charge is -2.15. The second-order valence-electron chi connectivity index (χ2n) is 8.46. The van der Waals surface area contributed by atoms with E-state index in [0.717, 1.165) is 11.6 Å². The fourth-order valence-corrected chi connectivity index (χ4v) is 4.06. The maximum absolute atomic E-state index is 13.5. The van der Waals surface area contributed by atoms with Crippen molar-refractivity contribution in [1.29, 1.82) is 0 Å². The average molecular weight is 520 g/mol. The summed E-state index contributed by atoms with van der Waals surface area (Å²) in [5.41, 5.74) is 0.770. The summed E-state index contributed by atoms with van der Waals surface area (Å²) in [5, 5.41) is 11.5. The van der Waals surface area contributed by atoms with E-state index in [4.69, 9.17) is 9.47 Å². The van der Waals surface area contributed by atoms with E-state index in [-0.39, 0.29) is 53.1 Å². The van der Waals surface area contributed by atoms with Crippen LogP contribution in [0.15, 0.2) is 52.4 Å². The number of pyridine rings is 2. The number of hydrogen-bond acceptors (Lipinski definition) is 8. The van der Waals surface area contributed by atoms with Gasteiger partial charge >= 0.3 is 5.97 Å². The van der Waals surface area contributed by atoms with Crippen molar-refractivity contribution < 1.29 is 24.0 Å². The van der Waals surface area contributed by atoms with Crippen molar-refractivity contribution in [2.24, 2.45) is 4.99 Å². The van der Waals surface area contributed by atoms with E-state index >= 15 is 0 Å². The highest BCUT2D eigenvalue weighted by molar-refractivity contribution is 5.97. The standard InChI is InChI=1S/C26H25N5O7/c1-5-38-26(34)19-14-18-22(27-21-16(3)7-6-10-30(21)25(18)33)29(11-12-37-4)23(19)28-24(32)17-9-8-15(2)20(13-17)31(35)36/h6-10,13-14H,5,11-12H2,1-4H3. The normalized spacial score (nSPS) is 11.7. The summed E-state index contributed by atoms with van der Waals surface area (Å²) in [6.07, 6.45) is 1.58. The van der Waals surface area contributed by atoms with Gasteiger partial charge in [-0.25, -0.2) is 9.78 Å². The molecule has 0 N–H and O–H groups in total. The van der Waals surface area contributed by atoms with Gasteiger partial charge in [-0.05, 0) is 44.5 Å². The number of aryl methyl sites for hydroxylation is 2. The molecule has 0 saturated heterocycles. The molecular formula is C26H25N5O7. The van der Waals surface area contributed by atoms with Gasteiger partial charge < -0.3 is 14.0 Å². The van der Waals surface area contributed by atoms with Crippen LogP contribution in [0.4, 0.5) is 5.69 Å².